The van der Waals surface area contributed by atoms with Gasteiger partial charge in [-0.1, -0.05) is 22.6 Å². The van der Waals surface area contributed by atoms with Gasteiger partial charge in [0.1, 0.15) is 15.5 Å². The van der Waals surface area contributed by atoms with Gasteiger partial charge in [0.05, 0.1) is 6.26 Å². The molecule has 11 heavy (non-hydrogen) atoms. The minimum atomic E-state index is 0.410. The number of nitrogens with one attached hydrogen (secondary N) is 1. The molecule has 2 rings (SSSR count). The van der Waals surface area contributed by atoms with Crippen LogP contribution in [0.2, 0.25) is 0 Å². The Labute approximate surface area is 78.0 Å². The number of rotatable bonds is 1. The van der Waals surface area contributed by atoms with Crippen LogP contribution in [0.25, 0.3) is 0 Å². The number of hydrogen-bond donors (Lipinski definition) is 1. The van der Waals surface area contributed by atoms with Crippen molar-refractivity contribution in [2.45, 2.75) is 10.5 Å². The molecule has 1 aliphatic rings. The molecule has 0 spiro atoms. The van der Waals surface area contributed by atoms with Crippen molar-refractivity contribution in [3.63, 3.8) is 0 Å². The largest absolute Gasteiger partial charge is 0.463 e. The van der Waals surface area contributed by atoms with Crippen molar-refractivity contribution in [1.29, 1.82) is 0 Å². The molecule has 58 valence electrons. The predicted octanol–water partition coefficient (Wildman–Crippen LogP) is 1.74. The summed E-state index contributed by atoms with van der Waals surface area (Å²) in [6.07, 6.45) is 2.60. The van der Waals surface area contributed by atoms with Crippen molar-refractivity contribution in [1.82, 2.24) is 5.43 Å². The first-order valence-electron chi connectivity index (χ1n) is 3.36. The van der Waals surface area contributed by atoms with Gasteiger partial charge in [-0.3, -0.25) is 5.43 Å². The van der Waals surface area contributed by atoms with E-state index >= 15 is 0 Å². The molecule has 0 saturated carbocycles. The summed E-state index contributed by atoms with van der Waals surface area (Å²) in [6, 6.07) is 3.80. The van der Waals surface area contributed by atoms with Crippen molar-refractivity contribution in [2.75, 3.05) is 0 Å². The van der Waals surface area contributed by atoms with Crippen LogP contribution in [0.4, 0.5) is 0 Å². The summed E-state index contributed by atoms with van der Waals surface area (Å²) in [5, 5.41) is 4.12. The van der Waals surface area contributed by atoms with E-state index in [4.69, 9.17) is 4.42 Å². The zero-order valence-corrected chi connectivity index (χ0v) is 7.91. The molecule has 2 heterocycles. The van der Waals surface area contributed by atoms with E-state index in [-0.39, 0.29) is 0 Å². The lowest BCUT2D eigenvalue weighted by atomic mass is 10.2. The number of hydrazone groups is 1. The molecule has 1 aromatic rings. The smallest absolute Gasteiger partial charge is 0.149 e. The third-order valence-electron chi connectivity index (χ3n) is 1.52. The van der Waals surface area contributed by atoms with Gasteiger partial charge in [-0.05, 0) is 12.1 Å². The van der Waals surface area contributed by atoms with Crippen LogP contribution in [0.5, 0.6) is 0 Å². The normalized spacial score (nSPS) is 23.0. The van der Waals surface area contributed by atoms with Gasteiger partial charge in [-0.2, -0.15) is 5.10 Å². The highest BCUT2D eigenvalue weighted by Gasteiger charge is 2.17. The number of alkyl halides is 1. The molecule has 1 aliphatic heterocycles. The average molecular weight is 262 g/mol. The molecular weight excluding hydrogens is 255 g/mol. The van der Waals surface area contributed by atoms with Crippen LogP contribution in [0.3, 0.4) is 0 Å². The van der Waals surface area contributed by atoms with Gasteiger partial charge in [0.15, 0.2) is 0 Å². The summed E-state index contributed by atoms with van der Waals surface area (Å²) >= 11 is 2.30. The van der Waals surface area contributed by atoms with Gasteiger partial charge in [-0.25, -0.2) is 0 Å². The molecule has 0 fully saturated rings. The Morgan fingerprint density at radius 1 is 1.73 bits per heavy atom. The predicted molar refractivity (Wildman–Crippen MR) is 50.8 cm³/mol. The molecule has 0 aromatic carbocycles. The molecule has 1 unspecified atom stereocenters. The lowest BCUT2D eigenvalue weighted by molar-refractivity contribution is 0.556. The van der Waals surface area contributed by atoms with Crippen LogP contribution in [-0.2, 0) is 0 Å². The Morgan fingerprint density at radius 2 is 2.64 bits per heavy atom. The second-order valence-electron chi connectivity index (χ2n) is 2.34. The first-order chi connectivity index (χ1) is 5.36. The molecule has 4 heteroatoms. The molecule has 0 saturated heterocycles. The van der Waals surface area contributed by atoms with Crippen molar-refractivity contribution >= 4 is 28.3 Å². The van der Waals surface area contributed by atoms with E-state index in [0.717, 1.165) is 17.9 Å². The van der Waals surface area contributed by atoms with Crippen LogP contribution in [-0.4, -0.2) is 9.76 Å². The Morgan fingerprint density at radius 3 is 3.18 bits per heavy atom. The summed E-state index contributed by atoms with van der Waals surface area (Å²) in [6.45, 7) is 0. The Balaban J connectivity index is 2.19. The third kappa shape index (κ3) is 1.40. The molecule has 0 amide bonds. The van der Waals surface area contributed by atoms with Crippen molar-refractivity contribution in [3.8, 4) is 0 Å². The van der Waals surface area contributed by atoms with E-state index in [2.05, 4.69) is 33.1 Å². The van der Waals surface area contributed by atoms with Crippen molar-refractivity contribution < 1.29 is 4.42 Å². The second kappa shape index (κ2) is 2.84. The zero-order valence-electron chi connectivity index (χ0n) is 5.75. The highest BCUT2D eigenvalue weighted by Crippen LogP contribution is 2.15. The molecule has 0 aliphatic carbocycles. The summed E-state index contributed by atoms with van der Waals surface area (Å²) in [4.78, 5) is 0. The standard InChI is InChI=1S/C7H7IN2O/c8-7-4-5(9-10-7)6-2-1-3-11-6/h1-3,7,10H,4H2. The quantitative estimate of drug-likeness (QED) is 0.475. The zero-order chi connectivity index (χ0) is 7.68. The molecule has 0 radical (unpaired) electrons. The summed E-state index contributed by atoms with van der Waals surface area (Å²) in [5.74, 6) is 0.872. The maximum Gasteiger partial charge on any atom is 0.149 e. The summed E-state index contributed by atoms with van der Waals surface area (Å²) in [7, 11) is 0. The van der Waals surface area contributed by atoms with E-state index in [1.165, 1.54) is 0 Å². The fourth-order valence-corrected chi connectivity index (χ4v) is 1.56. The van der Waals surface area contributed by atoms with Gasteiger partial charge in [-0.15, -0.1) is 0 Å². The number of furan rings is 1. The number of hydrogen-bond acceptors (Lipinski definition) is 3. The molecule has 0 bridgehead atoms. The monoisotopic (exact) mass is 262 g/mol. The molecule has 1 atom stereocenters. The second-order valence-corrected chi connectivity index (χ2v) is 3.84. The highest BCUT2D eigenvalue weighted by molar-refractivity contribution is 14.1. The van der Waals surface area contributed by atoms with Crippen LogP contribution in [0.1, 0.15) is 12.2 Å². The number of halogens is 1. The average Bonchev–Trinajstić information content (AvgIpc) is 2.55. The molecular formula is C7H7IN2O. The molecule has 1 aromatic heterocycles. The summed E-state index contributed by atoms with van der Waals surface area (Å²) in [5.41, 5.74) is 3.98. The van der Waals surface area contributed by atoms with Crippen LogP contribution < -0.4 is 5.43 Å². The first kappa shape index (κ1) is 7.15. The molecule has 1 N–H and O–H groups in total. The first-order valence-corrected chi connectivity index (χ1v) is 4.61. The van der Waals surface area contributed by atoms with Gasteiger partial charge >= 0.3 is 0 Å². The topological polar surface area (TPSA) is 37.5 Å². The van der Waals surface area contributed by atoms with E-state index < -0.39 is 0 Å². The van der Waals surface area contributed by atoms with Crippen LogP contribution in [0.15, 0.2) is 27.9 Å². The minimum absolute atomic E-state index is 0.410. The van der Waals surface area contributed by atoms with Crippen LogP contribution in [0, 0.1) is 0 Å². The van der Waals surface area contributed by atoms with E-state index in [9.17, 15) is 0 Å². The Hall–Kier alpha value is -0.520. The van der Waals surface area contributed by atoms with Crippen molar-refractivity contribution in [2.24, 2.45) is 5.10 Å². The highest BCUT2D eigenvalue weighted by atomic mass is 127. The van der Waals surface area contributed by atoms with Crippen molar-refractivity contribution in [3.05, 3.63) is 24.2 Å². The van der Waals surface area contributed by atoms with E-state index in [1.807, 2.05) is 12.1 Å². The maximum atomic E-state index is 5.19. The van der Waals surface area contributed by atoms with Gasteiger partial charge in [0.2, 0.25) is 0 Å². The number of nitrogens with zero attached hydrogens (tertiary/aromatic N) is 1. The van der Waals surface area contributed by atoms with Gasteiger partial charge in [0.25, 0.3) is 0 Å². The lowest BCUT2D eigenvalue weighted by Gasteiger charge is -1.94. The van der Waals surface area contributed by atoms with Gasteiger partial charge < -0.3 is 4.42 Å². The van der Waals surface area contributed by atoms with E-state index in [1.54, 1.807) is 6.26 Å². The Kier molecular flexibility index (Phi) is 1.85. The minimum Gasteiger partial charge on any atom is -0.463 e. The van der Waals surface area contributed by atoms with E-state index in [0.29, 0.717) is 4.05 Å². The lowest BCUT2D eigenvalue weighted by Crippen LogP contribution is -2.09. The SMILES string of the molecule is IC1CC(c2ccco2)=NN1. The third-order valence-corrected chi connectivity index (χ3v) is 2.24. The summed E-state index contributed by atoms with van der Waals surface area (Å²) < 4.78 is 5.60. The fourth-order valence-electron chi connectivity index (χ4n) is 1.01. The Bertz CT molecular complexity index is 268. The fraction of sp³-hybridized carbons (Fsp3) is 0.286. The van der Waals surface area contributed by atoms with Gasteiger partial charge in [0, 0.05) is 6.42 Å². The molecule has 3 nitrogen and oxygen atoms in total. The maximum absolute atomic E-state index is 5.19. The van der Waals surface area contributed by atoms with Crippen LogP contribution >= 0.6 is 22.6 Å².